The molecule has 100 valence electrons. The second-order valence-corrected chi connectivity index (χ2v) is 5.55. The Labute approximate surface area is 114 Å². The Kier molecular flexibility index (Phi) is 3.49. The predicted octanol–water partition coefficient (Wildman–Crippen LogP) is 2.89. The first-order valence-electron chi connectivity index (χ1n) is 6.94. The molecule has 3 nitrogen and oxygen atoms in total. The molecule has 1 unspecified atom stereocenters. The first-order valence-corrected chi connectivity index (χ1v) is 6.94. The van der Waals surface area contributed by atoms with E-state index >= 15 is 0 Å². The Hall–Kier alpha value is -1.45. The average molecular weight is 256 g/mol. The summed E-state index contributed by atoms with van der Waals surface area (Å²) in [5, 5.41) is 4.58. The summed E-state index contributed by atoms with van der Waals surface area (Å²) >= 11 is 0. The molecule has 2 aromatic rings. The fourth-order valence-corrected chi connectivity index (χ4v) is 2.62. The number of rotatable bonds is 3. The van der Waals surface area contributed by atoms with Crippen LogP contribution in [0.15, 0.2) is 36.5 Å². The summed E-state index contributed by atoms with van der Waals surface area (Å²) in [6.45, 7) is 4.92. The third-order valence-corrected chi connectivity index (χ3v) is 3.81. The Balaban J connectivity index is 1.71. The van der Waals surface area contributed by atoms with E-state index in [4.69, 9.17) is 4.74 Å². The van der Waals surface area contributed by atoms with Gasteiger partial charge in [0.15, 0.2) is 0 Å². The summed E-state index contributed by atoms with van der Waals surface area (Å²) in [6.07, 6.45) is 4.15. The molecule has 1 saturated heterocycles. The largest absolute Gasteiger partial charge is 0.369 e. The number of ether oxygens (including phenoxy) is 1. The number of hydrogen-bond acceptors (Lipinski definition) is 3. The summed E-state index contributed by atoms with van der Waals surface area (Å²) < 4.78 is 6.12. The summed E-state index contributed by atoms with van der Waals surface area (Å²) in [4.78, 5) is 4.34. The highest BCUT2D eigenvalue weighted by Gasteiger charge is 2.27. The highest BCUT2D eigenvalue weighted by molar-refractivity contribution is 5.78. The SMILES string of the molecule is CC1(OCc2ccc3ncccc3c2)CCCNC1. The zero-order valence-electron chi connectivity index (χ0n) is 11.4. The van der Waals surface area contributed by atoms with Crippen molar-refractivity contribution in [2.75, 3.05) is 13.1 Å². The Morgan fingerprint density at radius 1 is 1.37 bits per heavy atom. The van der Waals surface area contributed by atoms with Crippen molar-refractivity contribution in [2.24, 2.45) is 0 Å². The van der Waals surface area contributed by atoms with Crippen LogP contribution in [0.1, 0.15) is 25.3 Å². The first-order chi connectivity index (χ1) is 9.25. The molecule has 0 aliphatic carbocycles. The molecule has 19 heavy (non-hydrogen) atoms. The maximum atomic E-state index is 6.12. The number of hydrogen-bond donors (Lipinski definition) is 1. The second-order valence-electron chi connectivity index (χ2n) is 5.55. The number of piperidine rings is 1. The number of nitrogens with one attached hydrogen (secondary N) is 1. The van der Waals surface area contributed by atoms with Crippen LogP contribution >= 0.6 is 0 Å². The number of fused-ring (bicyclic) bond motifs is 1. The van der Waals surface area contributed by atoms with E-state index in [9.17, 15) is 0 Å². The van der Waals surface area contributed by atoms with Gasteiger partial charge in [-0.3, -0.25) is 4.98 Å². The van der Waals surface area contributed by atoms with Crippen LogP contribution in [0, 0.1) is 0 Å². The van der Waals surface area contributed by atoms with Crippen molar-refractivity contribution in [2.45, 2.75) is 32.0 Å². The monoisotopic (exact) mass is 256 g/mol. The molecule has 0 amide bonds. The van der Waals surface area contributed by atoms with Crippen LogP contribution in [-0.2, 0) is 11.3 Å². The first kappa shape index (κ1) is 12.6. The van der Waals surface area contributed by atoms with Gasteiger partial charge in [-0.2, -0.15) is 0 Å². The van der Waals surface area contributed by atoms with Crippen LogP contribution in [0.3, 0.4) is 0 Å². The highest BCUT2D eigenvalue weighted by atomic mass is 16.5. The average Bonchev–Trinajstić information content (AvgIpc) is 2.46. The van der Waals surface area contributed by atoms with Crippen LogP contribution in [-0.4, -0.2) is 23.7 Å². The van der Waals surface area contributed by atoms with E-state index in [-0.39, 0.29) is 5.60 Å². The predicted molar refractivity (Wildman–Crippen MR) is 77.0 cm³/mol. The number of benzene rings is 1. The molecule has 0 spiro atoms. The molecule has 1 aliphatic heterocycles. The molecular weight excluding hydrogens is 236 g/mol. The molecule has 1 N–H and O–H groups in total. The lowest BCUT2D eigenvalue weighted by molar-refractivity contribution is -0.0571. The van der Waals surface area contributed by atoms with Gasteiger partial charge in [0, 0.05) is 18.1 Å². The molecule has 3 rings (SSSR count). The number of nitrogens with zero attached hydrogens (tertiary/aromatic N) is 1. The van der Waals surface area contributed by atoms with Gasteiger partial charge in [-0.1, -0.05) is 12.1 Å². The third-order valence-electron chi connectivity index (χ3n) is 3.81. The fourth-order valence-electron chi connectivity index (χ4n) is 2.62. The minimum Gasteiger partial charge on any atom is -0.369 e. The van der Waals surface area contributed by atoms with Gasteiger partial charge in [-0.25, -0.2) is 0 Å². The molecule has 0 bridgehead atoms. The fraction of sp³-hybridized carbons (Fsp3) is 0.438. The van der Waals surface area contributed by atoms with Crippen molar-refractivity contribution >= 4 is 10.9 Å². The number of aromatic nitrogens is 1. The Bertz CT molecular complexity index is 561. The van der Waals surface area contributed by atoms with E-state index in [1.165, 1.54) is 17.4 Å². The highest BCUT2D eigenvalue weighted by Crippen LogP contribution is 2.22. The summed E-state index contributed by atoms with van der Waals surface area (Å²) in [7, 11) is 0. The van der Waals surface area contributed by atoms with Gasteiger partial charge in [-0.15, -0.1) is 0 Å². The summed E-state index contributed by atoms with van der Waals surface area (Å²) in [5.74, 6) is 0. The van der Waals surface area contributed by atoms with E-state index < -0.39 is 0 Å². The smallest absolute Gasteiger partial charge is 0.0783 e. The summed E-state index contributed by atoms with van der Waals surface area (Å²) in [5.41, 5.74) is 2.23. The van der Waals surface area contributed by atoms with E-state index in [2.05, 4.69) is 41.5 Å². The van der Waals surface area contributed by atoms with Gasteiger partial charge >= 0.3 is 0 Å². The summed E-state index contributed by atoms with van der Waals surface area (Å²) in [6, 6.07) is 10.4. The third kappa shape index (κ3) is 2.94. The van der Waals surface area contributed by atoms with Crippen LogP contribution < -0.4 is 5.32 Å². The molecule has 1 aliphatic rings. The van der Waals surface area contributed by atoms with Gasteiger partial charge < -0.3 is 10.1 Å². The lowest BCUT2D eigenvalue weighted by atomic mass is 9.96. The maximum Gasteiger partial charge on any atom is 0.0783 e. The lowest BCUT2D eigenvalue weighted by Crippen LogP contribution is -2.45. The van der Waals surface area contributed by atoms with Crippen molar-refractivity contribution in [1.29, 1.82) is 0 Å². The van der Waals surface area contributed by atoms with E-state index in [0.717, 1.165) is 25.0 Å². The van der Waals surface area contributed by atoms with Crippen LogP contribution in [0.25, 0.3) is 10.9 Å². The standard InChI is InChI=1S/C16H20N2O/c1-16(7-3-8-17-12-16)19-11-13-5-6-15-14(10-13)4-2-9-18-15/h2,4-6,9-10,17H,3,7-8,11-12H2,1H3. The minimum atomic E-state index is -0.0256. The van der Waals surface area contributed by atoms with E-state index in [1.807, 2.05) is 12.3 Å². The van der Waals surface area contributed by atoms with Crippen LogP contribution in [0.2, 0.25) is 0 Å². The molecule has 1 fully saturated rings. The molecule has 1 aromatic heterocycles. The molecule has 3 heteroatoms. The minimum absolute atomic E-state index is 0.0256. The maximum absolute atomic E-state index is 6.12. The van der Waals surface area contributed by atoms with Crippen LogP contribution in [0.5, 0.6) is 0 Å². The molecule has 0 radical (unpaired) electrons. The van der Waals surface area contributed by atoms with Gasteiger partial charge in [0.2, 0.25) is 0 Å². The lowest BCUT2D eigenvalue weighted by Gasteiger charge is -2.34. The van der Waals surface area contributed by atoms with Gasteiger partial charge in [0.05, 0.1) is 17.7 Å². The van der Waals surface area contributed by atoms with E-state index in [1.54, 1.807) is 0 Å². The normalized spacial score (nSPS) is 23.6. The zero-order chi connectivity index (χ0) is 13.1. The van der Waals surface area contributed by atoms with Crippen molar-refractivity contribution < 1.29 is 4.74 Å². The van der Waals surface area contributed by atoms with Crippen molar-refractivity contribution in [3.8, 4) is 0 Å². The van der Waals surface area contributed by atoms with Gasteiger partial charge in [0.25, 0.3) is 0 Å². The zero-order valence-corrected chi connectivity index (χ0v) is 11.4. The van der Waals surface area contributed by atoms with Crippen LogP contribution in [0.4, 0.5) is 0 Å². The van der Waals surface area contributed by atoms with Gasteiger partial charge in [0.1, 0.15) is 0 Å². The molecular formula is C16H20N2O. The second kappa shape index (κ2) is 5.27. The topological polar surface area (TPSA) is 34.1 Å². The molecule has 1 aromatic carbocycles. The Morgan fingerprint density at radius 2 is 2.32 bits per heavy atom. The molecule has 0 saturated carbocycles. The van der Waals surface area contributed by atoms with Crippen molar-refractivity contribution in [3.05, 3.63) is 42.1 Å². The number of pyridine rings is 1. The molecule has 2 heterocycles. The van der Waals surface area contributed by atoms with Crippen molar-refractivity contribution in [3.63, 3.8) is 0 Å². The van der Waals surface area contributed by atoms with Gasteiger partial charge in [-0.05, 0) is 50.1 Å². The van der Waals surface area contributed by atoms with E-state index in [0.29, 0.717) is 6.61 Å². The quantitative estimate of drug-likeness (QED) is 0.917. The molecule has 1 atom stereocenters. The van der Waals surface area contributed by atoms with Crippen molar-refractivity contribution in [1.82, 2.24) is 10.3 Å². The Morgan fingerprint density at radius 3 is 3.16 bits per heavy atom.